The van der Waals surface area contributed by atoms with Crippen molar-refractivity contribution in [1.29, 1.82) is 0 Å². The summed E-state index contributed by atoms with van der Waals surface area (Å²) in [6, 6.07) is 16.2. The zero-order chi connectivity index (χ0) is 20.5. The minimum atomic E-state index is -0.155. The maximum atomic E-state index is 11.1. The number of rotatable bonds is 11. The highest BCUT2D eigenvalue weighted by Gasteiger charge is 2.13. The standard InChI is InChI=1S/C23H29N3O3/c1-3-15-24-23-25-20-14-13-19(29-16-9-5-8-12-22(27)28-2)17-21(20)26(23)18-10-6-4-7-11-18/h4,6-7,10-11,13-14,17H,3,5,8-9,12,15-16H2,1-2H3,(H,24,25). The summed E-state index contributed by atoms with van der Waals surface area (Å²) in [4.78, 5) is 15.9. The van der Waals surface area contributed by atoms with Gasteiger partial charge in [-0.25, -0.2) is 4.98 Å². The number of carbonyl (C=O) groups is 1. The van der Waals surface area contributed by atoms with E-state index in [4.69, 9.17) is 9.72 Å². The predicted molar refractivity (Wildman–Crippen MR) is 116 cm³/mol. The lowest BCUT2D eigenvalue weighted by Gasteiger charge is -2.11. The quantitative estimate of drug-likeness (QED) is 0.367. The Morgan fingerprint density at radius 3 is 2.69 bits per heavy atom. The van der Waals surface area contributed by atoms with Gasteiger partial charge in [-0.1, -0.05) is 25.1 Å². The van der Waals surface area contributed by atoms with Crippen LogP contribution in [0.25, 0.3) is 16.7 Å². The Morgan fingerprint density at radius 2 is 1.93 bits per heavy atom. The number of benzene rings is 2. The molecule has 0 unspecified atom stereocenters. The van der Waals surface area contributed by atoms with Crippen molar-refractivity contribution in [1.82, 2.24) is 9.55 Å². The average Bonchev–Trinajstić information content (AvgIpc) is 3.12. The third kappa shape index (κ3) is 5.50. The molecule has 0 fully saturated rings. The minimum Gasteiger partial charge on any atom is -0.494 e. The first kappa shape index (κ1) is 20.7. The molecule has 0 saturated heterocycles. The summed E-state index contributed by atoms with van der Waals surface area (Å²) in [7, 11) is 1.42. The molecule has 0 aliphatic heterocycles. The SMILES string of the molecule is CCCNc1nc2ccc(OCCCCCC(=O)OC)cc2n1-c1ccccc1. The Balaban J connectivity index is 1.72. The van der Waals surface area contributed by atoms with E-state index in [1.165, 1.54) is 7.11 Å². The smallest absolute Gasteiger partial charge is 0.305 e. The number of methoxy groups -OCH3 is 1. The Hall–Kier alpha value is -3.02. The maximum absolute atomic E-state index is 11.1. The van der Waals surface area contributed by atoms with Crippen LogP contribution < -0.4 is 10.1 Å². The number of hydrogen-bond donors (Lipinski definition) is 1. The molecule has 1 N–H and O–H groups in total. The molecule has 0 saturated carbocycles. The second-order valence-electron chi connectivity index (χ2n) is 6.92. The van der Waals surface area contributed by atoms with Gasteiger partial charge in [0.25, 0.3) is 0 Å². The van der Waals surface area contributed by atoms with Crippen LogP contribution >= 0.6 is 0 Å². The van der Waals surface area contributed by atoms with E-state index in [0.717, 1.165) is 60.6 Å². The monoisotopic (exact) mass is 395 g/mol. The van der Waals surface area contributed by atoms with Gasteiger partial charge in [-0.2, -0.15) is 0 Å². The van der Waals surface area contributed by atoms with E-state index in [1.54, 1.807) is 0 Å². The molecule has 0 atom stereocenters. The number of carbonyl (C=O) groups excluding carboxylic acids is 1. The van der Waals surface area contributed by atoms with Crippen molar-refractivity contribution >= 4 is 23.0 Å². The van der Waals surface area contributed by atoms with Crippen molar-refractivity contribution in [2.75, 3.05) is 25.6 Å². The fraction of sp³-hybridized carbons (Fsp3) is 0.391. The maximum Gasteiger partial charge on any atom is 0.305 e. The molecule has 154 valence electrons. The van der Waals surface area contributed by atoms with Gasteiger partial charge < -0.3 is 14.8 Å². The van der Waals surface area contributed by atoms with E-state index in [1.807, 2.05) is 36.4 Å². The van der Waals surface area contributed by atoms with E-state index >= 15 is 0 Å². The average molecular weight is 396 g/mol. The minimum absolute atomic E-state index is 0.155. The first-order chi connectivity index (χ1) is 14.2. The van der Waals surface area contributed by atoms with E-state index in [2.05, 4.69) is 33.7 Å². The molecule has 3 rings (SSSR count). The first-order valence-corrected chi connectivity index (χ1v) is 10.2. The van der Waals surface area contributed by atoms with Crippen molar-refractivity contribution in [3.8, 4) is 11.4 Å². The van der Waals surface area contributed by atoms with Crippen molar-refractivity contribution in [3.63, 3.8) is 0 Å². The van der Waals surface area contributed by atoms with Gasteiger partial charge in [0.05, 0.1) is 24.8 Å². The van der Waals surface area contributed by atoms with Gasteiger partial charge in [-0.05, 0) is 49.9 Å². The number of esters is 1. The molecular formula is C23H29N3O3. The van der Waals surface area contributed by atoms with Crippen molar-refractivity contribution in [3.05, 3.63) is 48.5 Å². The fourth-order valence-corrected chi connectivity index (χ4v) is 3.18. The Morgan fingerprint density at radius 1 is 1.10 bits per heavy atom. The number of para-hydroxylation sites is 1. The summed E-state index contributed by atoms with van der Waals surface area (Å²) < 4.78 is 12.7. The number of aromatic nitrogens is 2. The Labute approximate surface area is 171 Å². The number of ether oxygens (including phenoxy) is 2. The lowest BCUT2D eigenvalue weighted by Crippen LogP contribution is -2.07. The van der Waals surface area contributed by atoms with Crippen LogP contribution in [0.3, 0.4) is 0 Å². The van der Waals surface area contributed by atoms with Gasteiger partial charge in [-0.15, -0.1) is 0 Å². The molecule has 1 heterocycles. The fourth-order valence-electron chi connectivity index (χ4n) is 3.18. The largest absolute Gasteiger partial charge is 0.494 e. The topological polar surface area (TPSA) is 65.4 Å². The molecule has 29 heavy (non-hydrogen) atoms. The molecule has 0 aliphatic rings. The molecule has 0 spiro atoms. The lowest BCUT2D eigenvalue weighted by molar-refractivity contribution is -0.140. The number of unbranched alkanes of at least 4 members (excludes halogenated alkanes) is 2. The summed E-state index contributed by atoms with van der Waals surface area (Å²) in [6.45, 7) is 3.62. The molecule has 2 aromatic carbocycles. The van der Waals surface area contributed by atoms with Gasteiger partial charge >= 0.3 is 5.97 Å². The molecule has 6 heteroatoms. The van der Waals surface area contributed by atoms with Crippen LogP contribution in [0.4, 0.5) is 5.95 Å². The van der Waals surface area contributed by atoms with Crippen molar-refractivity contribution < 1.29 is 14.3 Å². The van der Waals surface area contributed by atoms with E-state index in [9.17, 15) is 4.79 Å². The third-order valence-corrected chi connectivity index (χ3v) is 4.70. The second-order valence-corrected chi connectivity index (χ2v) is 6.92. The third-order valence-electron chi connectivity index (χ3n) is 4.70. The van der Waals surface area contributed by atoms with Crippen LogP contribution in [0.2, 0.25) is 0 Å². The van der Waals surface area contributed by atoms with Crippen molar-refractivity contribution in [2.24, 2.45) is 0 Å². The number of imidazole rings is 1. The van der Waals surface area contributed by atoms with Crippen molar-refractivity contribution in [2.45, 2.75) is 39.0 Å². The zero-order valence-corrected chi connectivity index (χ0v) is 17.2. The normalized spacial score (nSPS) is 10.8. The molecule has 0 amide bonds. The highest BCUT2D eigenvalue weighted by Crippen LogP contribution is 2.28. The number of nitrogens with one attached hydrogen (secondary N) is 1. The zero-order valence-electron chi connectivity index (χ0n) is 17.2. The van der Waals surface area contributed by atoms with E-state index in [-0.39, 0.29) is 5.97 Å². The summed E-state index contributed by atoms with van der Waals surface area (Å²) in [5.74, 6) is 1.51. The van der Waals surface area contributed by atoms with Crippen LogP contribution in [0.1, 0.15) is 39.0 Å². The highest BCUT2D eigenvalue weighted by atomic mass is 16.5. The van der Waals surface area contributed by atoms with Gasteiger partial charge in [0.2, 0.25) is 5.95 Å². The van der Waals surface area contributed by atoms with Gasteiger partial charge in [0, 0.05) is 24.7 Å². The van der Waals surface area contributed by atoms with Crippen LogP contribution in [-0.2, 0) is 9.53 Å². The van der Waals surface area contributed by atoms with Gasteiger partial charge in [0.1, 0.15) is 5.75 Å². The summed E-state index contributed by atoms with van der Waals surface area (Å²) in [5, 5.41) is 3.42. The molecule has 0 aliphatic carbocycles. The summed E-state index contributed by atoms with van der Waals surface area (Å²) in [6.07, 6.45) is 4.15. The number of hydrogen-bond acceptors (Lipinski definition) is 5. The molecule has 0 bridgehead atoms. The van der Waals surface area contributed by atoms with Crippen LogP contribution in [0.5, 0.6) is 5.75 Å². The lowest BCUT2D eigenvalue weighted by atomic mass is 10.2. The second kappa shape index (κ2) is 10.5. The number of fused-ring (bicyclic) bond motifs is 1. The van der Waals surface area contributed by atoms with Crippen LogP contribution in [-0.4, -0.2) is 35.8 Å². The Kier molecular flexibility index (Phi) is 7.50. The summed E-state index contributed by atoms with van der Waals surface area (Å²) >= 11 is 0. The molecule has 6 nitrogen and oxygen atoms in total. The Bertz CT molecular complexity index is 922. The van der Waals surface area contributed by atoms with Gasteiger partial charge in [-0.3, -0.25) is 9.36 Å². The van der Waals surface area contributed by atoms with E-state index < -0.39 is 0 Å². The molecular weight excluding hydrogens is 366 g/mol. The van der Waals surface area contributed by atoms with Crippen LogP contribution in [0.15, 0.2) is 48.5 Å². The number of anilines is 1. The van der Waals surface area contributed by atoms with Crippen LogP contribution in [0, 0.1) is 0 Å². The predicted octanol–water partition coefficient (Wildman–Crippen LogP) is 4.96. The first-order valence-electron chi connectivity index (χ1n) is 10.2. The molecule has 0 radical (unpaired) electrons. The number of nitrogens with zero attached hydrogens (tertiary/aromatic N) is 2. The molecule has 1 aromatic heterocycles. The van der Waals surface area contributed by atoms with E-state index in [0.29, 0.717) is 13.0 Å². The highest BCUT2D eigenvalue weighted by molar-refractivity contribution is 5.82. The summed E-state index contributed by atoms with van der Waals surface area (Å²) in [5.41, 5.74) is 3.00. The van der Waals surface area contributed by atoms with Gasteiger partial charge in [0.15, 0.2) is 0 Å². The molecule has 3 aromatic rings.